The van der Waals surface area contributed by atoms with E-state index in [9.17, 15) is 9.59 Å². The molecule has 0 atom stereocenters. The summed E-state index contributed by atoms with van der Waals surface area (Å²) in [5, 5.41) is 0. The maximum Gasteiger partial charge on any atom is 0.181 e. The predicted octanol–water partition coefficient (Wildman–Crippen LogP) is 3.83. The SMILES string of the molecule is CCCCC(=O)c1cccc(C(=O)CCCC)n1. The fourth-order valence-electron chi connectivity index (χ4n) is 1.68. The zero-order valence-corrected chi connectivity index (χ0v) is 11.2. The van der Waals surface area contributed by atoms with Crippen molar-refractivity contribution in [2.45, 2.75) is 52.4 Å². The van der Waals surface area contributed by atoms with E-state index in [4.69, 9.17) is 0 Å². The van der Waals surface area contributed by atoms with Crippen LogP contribution in [-0.4, -0.2) is 16.6 Å². The molecular formula is C15H21NO2. The van der Waals surface area contributed by atoms with Gasteiger partial charge in [0.2, 0.25) is 0 Å². The summed E-state index contributed by atoms with van der Waals surface area (Å²) in [7, 11) is 0. The minimum absolute atomic E-state index is 0.0296. The molecule has 1 aromatic heterocycles. The van der Waals surface area contributed by atoms with E-state index in [1.54, 1.807) is 18.2 Å². The molecule has 1 heterocycles. The first-order valence-corrected chi connectivity index (χ1v) is 6.72. The first-order chi connectivity index (χ1) is 8.69. The van der Waals surface area contributed by atoms with Crippen molar-refractivity contribution >= 4 is 11.6 Å². The Balaban J connectivity index is 2.72. The van der Waals surface area contributed by atoms with Crippen molar-refractivity contribution in [1.82, 2.24) is 4.98 Å². The summed E-state index contributed by atoms with van der Waals surface area (Å²) < 4.78 is 0. The van der Waals surface area contributed by atoms with Crippen LogP contribution in [0.2, 0.25) is 0 Å². The first kappa shape index (κ1) is 14.6. The first-order valence-electron chi connectivity index (χ1n) is 6.72. The van der Waals surface area contributed by atoms with Crippen molar-refractivity contribution in [2.75, 3.05) is 0 Å². The lowest BCUT2D eigenvalue weighted by atomic mass is 10.1. The molecule has 0 aliphatic carbocycles. The lowest BCUT2D eigenvalue weighted by molar-refractivity contribution is 0.0971. The molecule has 0 saturated heterocycles. The van der Waals surface area contributed by atoms with Gasteiger partial charge in [0.15, 0.2) is 11.6 Å². The molecule has 0 bridgehead atoms. The molecule has 0 fully saturated rings. The molecule has 3 nitrogen and oxygen atoms in total. The molecule has 18 heavy (non-hydrogen) atoms. The number of Topliss-reactive ketones (excluding diaryl/α,β-unsaturated/α-hetero) is 2. The zero-order valence-electron chi connectivity index (χ0n) is 11.2. The van der Waals surface area contributed by atoms with Gasteiger partial charge >= 0.3 is 0 Å². The Bertz CT molecular complexity index is 377. The molecule has 1 rings (SSSR count). The molecule has 0 aromatic carbocycles. The van der Waals surface area contributed by atoms with Crippen molar-refractivity contribution < 1.29 is 9.59 Å². The van der Waals surface area contributed by atoms with E-state index in [1.807, 2.05) is 13.8 Å². The van der Waals surface area contributed by atoms with Crippen LogP contribution in [0.4, 0.5) is 0 Å². The van der Waals surface area contributed by atoms with E-state index in [2.05, 4.69) is 4.98 Å². The van der Waals surface area contributed by atoms with Crippen LogP contribution in [-0.2, 0) is 0 Å². The zero-order chi connectivity index (χ0) is 13.4. The molecule has 0 spiro atoms. The standard InChI is InChI=1S/C15H21NO2/c1-3-5-10-14(17)12-8-7-9-13(16-12)15(18)11-6-4-2/h7-9H,3-6,10-11H2,1-2H3. The highest BCUT2D eigenvalue weighted by molar-refractivity contribution is 5.98. The second kappa shape index (κ2) is 7.75. The van der Waals surface area contributed by atoms with Crippen LogP contribution in [0, 0.1) is 0 Å². The fourth-order valence-corrected chi connectivity index (χ4v) is 1.68. The third kappa shape index (κ3) is 4.40. The number of pyridine rings is 1. The van der Waals surface area contributed by atoms with Crippen molar-refractivity contribution in [2.24, 2.45) is 0 Å². The lowest BCUT2D eigenvalue weighted by Gasteiger charge is -2.03. The molecule has 98 valence electrons. The van der Waals surface area contributed by atoms with Crippen molar-refractivity contribution in [3.63, 3.8) is 0 Å². The normalized spacial score (nSPS) is 10.3. The fraction of sp³-hybridized carbons (Fsp3) is 0.533. The Morgan fingerprint density at radius 2 is 1.39 bits per heavy atom. The van der Waals surface area contributed by atoms with Gasteiger partial charge in [-0.15, -0.1) is 0 Å². The van der Waals surface area contributed by atoms with Crippen molar-refractivity contribution in [1.29, 1.82) is 0 Å². The summed E-state index contributed by atoms with van der Waals surface area (Å²) in [6, 6.07) is 5.12. The van der Waals surface area contributed by atoms with Gasteiger partial charge in [0.25, 0.3) is 0 Å². The minimum Gasteiger partial charge on any atom is -0.292 e. The van der Waals surface area contributed by atoms with Crippen LogP contribution < -0.4 is 0 Å². The van der Waals surface area contributed by atoms with E-state index in [-0.39, 0.29) is 11.6 Å². The maximum atomic E-state index is 11.8. The summed E-state index contributed by atoms with van der Waals surface area (Å²) in [4.78, 5) is 27.8. The number of rotatable bonds is 8. The topological polar surface area (TPSA) is 47.0 Å². The van der Waals surface area contributed by atoms with E-state index >= 15 is 0 Å². The van der Waals surface area contributed by atoms with Crippen molar-refractivity contribution in [3.8, 4) is 0 Å². The summed E-state index contributed by atoms with van der Waals surface area (Å²) in [5.74, 6) is 0.0592. The Hall–Kier alpha value is -1.51. The number of carbonyl (C=O) groups excluding carboxylic acids is 2. The van der Waals surface area contributed by atoms with E-state index < -0.39 is 0 Å². The molecule has 0 unspecified atom stereocenters. The van der Waals surface area contributed by atoms with Crippen LogP contribution >= 0.6 is 0 Å². The Morgan fingerprint density at radius 1 is 0.944 bits per heavy atom. The Kier molecular flexibility index (Phi) is 6.26. The second-order valence-corrected chi connectivity index (χ2v) is 4.46. The van der Waals surface area contributed by atoms with E-state index in [1.165, 1.54) is 0 Å². The molecule has 0 aliphatic heterocycles. The minimum atomic E-state index is 0.0296. The van der Waals surface area contributed by atoms with Gasteiger partial charge in [0.05, 0.1) is 0 Å². The number of carbonyl (C=O) groups is 2. The summed E-state index contributed by atoms with van der Waals surface area (Å²) in [5.41, 5.74) is 0.844. The number of hydrogen-bond donors (Lipinski definition) is 0. The highest BCUT2D eigenvalue weighted by Crippen LogP contribution is 2.09. The van der Waals surface area contributed by atoms with Gasteiger partial charge in [-0.3, -0.25) is 9.59 Å². The Morgan fingerprint density at radius 3 is 1.78 bits per heavy atom. The maximum absolute atomic E-state index is 11.8. The molecule has 3 heteroatoms. The molecule has 0 amide bonds. The van der Waals surface area contributed by atoms with E-state index in [0.717, 1.165) is 25.7 Å². The van der Waals surface area contributed by atoms with Crippen LogP contribution in [0.15, 0.2) is 18.2 Å². The average Bonchev–Trinajstić information content (AvgIpc) is 2.42. The predicted molar refractivity (Wildman–Crippen MR) is 71.9 cm³/mol. The van der Waals surface area contributed by atoms with Crippen LogP contribution in [0.5, 0.6) is 0 Å². The lowest BCUT2D eigenvalue weighted by Crippen LogP contribution is -2.08. The molecule has 0 N–H and O–H groups in total. The van der Waals surface area contributed by atoms with Crippen LogP contribution in [0.25, 0.3) is 0 Å². The van der Waals surface area contributed by atoms with Gasteiger partial charge in [-0.1, -0.05) is 32.8 Å². The number of hydrogen-bond acceptors (Lipinski definition) is 3. The molecule has 1 aromatic rings. The van der Waals surface area contributed by atoms with Crippen LogP contribution in [0.3, 0.4) is 0 Å². The smallest absolute Gasteiger partial charge is 0.181 e. The summed E-state index contributed by atoms with van der Waals surface area (Å²) >= 11 is 0. The molecule has 0 radical (unpaired) electrons. The van der Waals surface area contributed by atoms with Gasteiger partial charge < -0.3 is 0 Å². The quantitative estimate of drug-likeness (QED) is 0.656. The molecule has 0 saturated carbocycles. The van der Waals surface area contributed by atoms with Crippen molar-refractivity contribution in [3.05, 3.63) is 29.6 Å². The van der Waals surface area contributed by atoms with Gasteiger partial charge in [-0.25, -0.2) is 4.98 Å². The highest BCUT2D eigenvalue weighted by Gasteiger charge is 2.11. The number of unbranched alkanes of at least 4 members (excludes halogenated alkanes) is 2. The average molecular weight is 247 g/mol. The third-order valence-corrected chi connectivity index (χ3v) is 2.84. The summed E-state index contributed by atoms with van der Waals surface area (Å²) in [6.07, 6.45) is 4.73. The van der Waals surface area contributed by atoms with Gasteiger partial charge in [-0.05, 0) is 25.0 Å². The largest absolute Gasteiger partial charge is 0.292 e. The number of nitrogens with zero attached hydrogens (tertiary/aromatic N) is 1. The van der Waals surface area contributed by atoms with Crippen LogP contribution in [0.1, 0.15) is 73.3 Å². The van der Waals surface area contributed by atoms with Gasteiger partial charge in [0, 0.05) is 12.8 Å². The molecular weight excluding hydrogens is 226 g/mol. The van der Waals surface area contributed by atoms with Gasteiger partial charge in [0.1, 0.15) is 11.4 Å². The van der Waals surface area contributed by atoms with E-state index in [0.29, 0.717) is 24.2 Å². The monoisotopic (exact) mass is 247 g/mol. The van der Waals surface area contributed by atoms with Gasteiger partial charge in [-0.2, -0.15) is 0 Å². The molecule has 0 aliphatic rings. The number of ketones is 2. The number of aromatic nitrogens is 1. The third-order valence-electron chi connectivity index (χ3n) is 2.84. The second-order valence-electron chi connectivity index (χ2n) is 4.46. The Labute approximate surface area is 109 Å². The highest BCUT2D eigenvalue weighted by atomic mass is 16.1. The summed E-state index contributed by atoms with van der Waals surface area (Å²) in [6.45, 7) is 4.09.